The van der Waals surface area contributed by atoms with Crippen LogP contribution in [0.25, 0.3) is 0 Å². The van der Waals surface area contributed by atoms with E-state index >= 15 is 0 Å². The molecule has 0 saturated heterocycles. The van der Waals surface area contributed by atoms with Crippen molar-refractivity contribution in [1.82, 2.24) is 0 Å². The molecule has 126 valence electrons. The first-order valence-corrected chi connectivity index (χ1v) is 9.28. The molecular formula is C17H17NO5S. The SMILES string of the molecule is O=S(=O)(Nc1ccc2c(c1)CCCO2)c1ccc2c(c1)OCCO2. The molecule has 24 heavy (non-hydrogen) atoms. The fourth-order valence-electron chi connectivity index (χ4n) is 2.83. The minimum atomic E-state index is -3.70. The van der Waals surface area contributed by atoms with Crippen molar-refractivity contribution in [3.63, 3.8) is 0 Å². The molecule has 0 bridgehead atoms. The van der Waals surface area contributed by atoms with E-state index in [1.165, 1.54) is 12.1 Å². The summed E-state index contributed by atoms with van der Waals surface area (Å²) in [6.07, 6.45) is 1.82. The lowest BCUT2D eigenvalue weighted by Gasteiger charge is -2.20. The highest BCUT2D eigenvalue weighted by atomic mass is 32.2. The molecule has 7 heteroatoms. The smallest absolute Gasteiger partial charge is 0.262 e. The molecule has 2 aromatic carbocycles. The van der Waals surface area contributed by atoms with Gasteiger partial charge in [0.2, 0.25) is 0 Å². The van der Waals surface area contributed by atoms with E-state index in [0.29, 0.717) is 37.0 Å². The molecule has 0 saturated carbocycles. The Morgan fingerprint density at radius 2 is 1.58 bits per heavy atom. The van der Waals surface area contributed by atoms with Gasteiger partial charge in [0.05, 0.1) is 11.5 Å². The molecule has 1 N–H and O–H groups in total. The fraction of sp³-hybridized carbons (Fsp3) is 0.294. The van der Waals surface area contributed by atoms with E-state index < -0.39 is 10.0 Å². The van der Waals surface area contributed by atoms with Gasteiger partial charge in [-0.15, -0.1) is 0 Å². The minimum absolute atomic E-state index is 0.140. The van der Waals surface area contributed by atoms with Gasteiger partial charge in [-0.1, -0.05) is 0 Å². The van der Waals surface area contributed by atoms with Crippen molar-refractivity contribution < 1.29 is 22.6 Å². The fourth-order valence-corrected chi connectivity index (χ4v) is 3.89. The molecule has 0 aromatic heterocycles. The molecule has 0 aliphatic carbocycles. The average molecular weight is 347 g/mol. The highest BCUT2D eigenvalue weighted by Gasteiger charge is 2.20. The Kier molecular flexibility index (Phi) is 3.72. The van der Waals surface area contributed by atoms with Gasteiger partial charge in [-0.05, 0) is 48.7 Å². The maximum absolute atomic E-state index is 12.6. The number of benzene rings is 2. The highest BCUT2D eigenvalue weighted by Crippen LogP contribution is 2.33. The van der Waals surface area contributed by atoms with E-state index in [1.54, 1.807) is 18.2 Å². The van der Waals surface area contributed by atoms with Crippen LogP contribution in [-0.2, 0) is 16.4 Å². The van der Waals surface area contributed by atoms with Gasteiger partial charge in [-0.3, -0.25) is 4.72 Å². The highest BCUT2D eigenvalue weighted by molar-refractivity contribution is 7.92. The summed E-state index contributed by atoms with van der Waals surface area (Å²) in [6, 6.07) is 9.94. The zero-order valence-electron chi connectivity index (χ0n) is 12.9. The Bertz CT molecular complexity index is 879. The monoisotopic (exact) mass is 347 g/mol. The molecule has 2 aliphatic heterocycles. The Morgan fingerprint density at radius 1 is 0.833 bits per heavy atom. The van der Waals surface area contributed by atoms with Crippen LogP contribution in [0.2, 0.25) is 0 Å². The first kappa shape index (κ1) is 15.1. The van der Waals surface area contributed by atoms with Gasteiger partial charge in [0.25, 0.3) is 10.0 Å². The summed E-state index contributed by atoms with van der Waals surface area (Å²) in [7, 11) is -3.70. The summed E-state index contributed by atoms with van der Waals surface area (Å²) in [6.45, 7) is 1.58. The van der Waals surface area contributed by atoms with Crippen LogP contribution in [0, 0.1) is 0 Å². The summed E-state index contributed by atoms with van der Waals surface area (Å²) in [5.41, 5.74) is 1.54. The van der Waals surface area contributed by atoms with Crippen molar-refractivity contribution in [2.45, 2.75) is 17.7 Å². The topological polar surface area (TPSA) is 73.9 Å². The van der Waals surface area contributed by atoms with Gasteiger partial charge >= 0.3 is 0 Å². The summed E-state index contributed by atoms with van der Waals surface area (Å²) < 4.78 is 44.3. The molecule has 2 heterocycles. The normalized spacial score (nSPS) is 16.0. The van der Waals surface area contributed by atoms with Crippen LogP contribution in [0.5, 0.6) is 17.2 Å². The van der Waals surface area contributed by atoms with E-state index in [1.807, 2.05) is 6.07 Å². The number of ether oxygens (including phenoxy) is 3. The van der Waals surface area contributed by atoms with Crippen molar-refractivity contribution in [2.75, 3.05) is 24.5 Å². The Hall–Kier alpha value is -2.41. The van der Waals surface area contributed by atoms with Crippen molar-refractivity contribution in [1.29, 1.82) is 0 Å². The molecule has 2 aliphatic rings. The van der Waals surface area contributed by atoms with Crippen molar-refractivity contribution in [3.05, 3.63) is 42.0 Å². The standard InChI is InChI=1S/C17H17NO5S/c19-24(20,14-4-6-16-17(11-14)23-9-8-22-16)18-13-3-5-15-12(10-13)2-1-7-21-15/h3-6,10-11,18H,1-2,7-9H2. The molecule has 0 amide bonds. The number of rotatable bonds is 3. The predicted molar refractivity (Wildman–Crippen MR) is 88.5 cm³/mol. The average Bonchev–Trinajstić information content (AvgIpc) is 2.61. The molecule has 0 fully saturated rings. The lowest BCUT2D eigenvalue weighted by Crippen LogP contribution is -2.17. The third-order valence-electron chi connectivity index (χ3n) is 3.98. The van der Waals surface area contributed by atoms with Gasteiger partial charge in [-0.25, -0.2) is 8.42 Å². The number of nitrogens with one attached hydrogen (secondary N) is 1. The molecule has 6 nitrogen and oxygen atoms in total. The molecular weight excluding hydrogens is 330 g/mol. The third-order valence-corrected chi connectivity index (χ3v) is 5.36. The molecule has 4 rings (SSSR count). The summed E-state index contributed by atoms with van der Waals surface area (Å²) in [4.78, 5) is 0.140. The van der Waals surface area contributed by atoms with E-state index in [-0.39, 0.29) is 4.90 Å². The first-order valence-electron chi connectivity index (χ1n) is 7.80. The van der Waals surface area contributed by atoms with Crippen molar-refractivity contribution in [2.24, 2.45) is 0 Å². The second-order valence-corrected chi connectivity index (χ2v) is 7.37. The Labute approximate surface area is 140 Å². The number of anilines is 1. The van der Waals surface area contributed by atoms with Crippen LogP contribution in [0.15, 0.2) is 41.3 Å². The van der Waals surface area contributed by atoms with Crippen LogP contribution < -0.4 is 18.9 Å². The van der Waals surface area contributed by atoms with Gasteiger partial charge in [0.15, 0.2) is 11.5 Å². The molecule has 2 aromatic rings. The third kappa shape index (κ3) is 2.87. The van der Waals surface area contributed by atoms with E-state index in [9.17, 15) is 8.42 Å². The summed E-state index contributed by atoms with van der Waals surface area (Å²) in [5.74, 6) is 1.83. The van der Waals surface area contributed by atoms with Crippen LogP contribution in [0.3, 0.4) is 0 Å². The maximum Gasteiger partial charge on any atom is 0.262 e. The van der Waals surface area contributed by atoms with Gasteiger partial charge < -0.3 is 14.2 Å². The first-order chi connectivity index (χ1) is 11.6. The zero-order valence-corrected chi connectivity index (χ0v) is 13.8. The van der Waals surface area contributed by atoms with Crippen LogP contribution in [0.4, 0.5) is 5.69 Å². The number of hydrogen-bond donors (Lipinski definition) is 1. The number of fused-ring (bicyclic) bond motifs is 2. The minimum Gasteiger partial charge on any atom is -0.493 e. The largest absolute Gasteiger partial charge is 0.493 e. The number of sulfonamides is 1. The molecule has 0 radical (unpaired) electrons. The second kappa shape index (κ2) is 5.90. The number of hydrogen-bond acceptors (Lipinski definition) is 5. The van der Waals surface area contributed by atoms with Crippen LogP contribution in [-0.4, -0.2) is 28.2 Å². The molecule has 0 spiro atoms. The van der Waals surface area contributed by atoms with Crippen molar-refractivity contribution in [3.8, 4) is 17.2 Å². The maximum atomic E-state index is 12.6. The lowest BCUT2D eigenvalue weighted by atomic mass is 10.1. The summed E-state index contributed by atoms with van der Waals surface area (Å²) in [5, 5.41) is 0. The van der Waals surface area contributed by atoms with Crippen molar-refractivity contribution >= 4 is 15.7 Å². The summed E-state index contributed by atoms with van der Waals surface area (Å²) >= 11 is 0. The van der Waals surface area contributed by atoms with E-state index in [0.717, 1.165) is 24.2 Å². The van der Waals surface area contributed by atoms with Crippen LogP contribution in [0.1, 0.15) is 12.0 Å². The van der Waals surface area contributed by atoms with Crippen LogP contribution >= 0.6 is 0 Å². The second-order valence-electron chi connectivity index (χ2n) is 5.69. The number of aryl methyl sites for hydroxylation is 1. The quantitative estimate of drug-likeness (QED) is 0.924. The Balaban J connectivity index is 1.61. The van der Waals surface area contributed by atoms with E-state index in [2.05, 4.69) is 4.72 Å². The molecule has 0 atom stereocenters. The Morgan fingerprint density at radius 3 is 2.46 bits per heavy atom. The van der Waals surface area contributed by atoms with Gasteiger partial charge in [-0.2, -0.15) is 0 Å². The molecule has 0 unspecified atom stereocenters. The zero-order chi connectivity index (χ0) is 16.6. The van der Waals surface area contributed by atoms with Gasteiger partial charge in [0, 0.05) is 11.8 Å². The van der Waals surface area contributed by atoms with E-state index in [4.69, 9.17) is 14.2 Å². The van der Waals surface area contributed by atoms with Gasteiger partial charge in [0.1, 0.15) is 19.0 Å². The predicted octanol–water partition coefficient (Wildman–Crippen LogP) is 2.58. The lowest BCUT2D eigenvalue weighted by molar-refractivity contribution is 0.171.